The number of nitrogens with one attached hydrogen (secondary N) is 1. The topological polar surface area (TPSA) is 61.4 Å². The Labute approximate surface area is 175 Å². The fourth-order valence-corrected chi connectivity index (χ4v) is 3.84. The molecule has 4 rings (SSSR count). The summed E-state index contributed by atoms with van der Waals surface area (Å²) in [5, 5.41) is 13.1. The fraction of sp³-hybridized carbons (Fsp3) is 0.348. The average Bonchev–Trinajstić information content (AvgIpc) is 2.77. The number of carbonyl (C=O) groups excluding carboxylic acids is 1. The number of rotatable bonds is 5. The lowest BCUT2D eigenvalue weighted by Gasteiger charge is -2.37. The van der Waals surface area contributed by atoms with E-state index in [1.807, 2.05) is 24.3 Å². The summed E-state index contributed by atoms with van der Waals surface area (Å²) in [6, 6.07) is 14.6. The van der Waals surface area contributed by atoms with Crippen LogP contribution in [0.1, 0.15) is 29.9 Å². The van der Waals surface area contributed by atoms with Crippen molar-refractivity contribution in [3.63, 3.8) is 0 Å². The third-order valence-corrected chi connectivity index (χ3v) is 5.62. The quantitative estimate of drug-likeness (QED) is 0.704. The minimum atomic E-state index is -0.363. The largest absolute Gasteiger partial charge is 0.352 e. The first-order valence-corrected chi connectivity index (χ1v) is 10.3. The Hall–Kier alpha value is -3.06. The molecule has 6 nitrogen and oxygen atoms in total. The van der Waals surface area contributed by atoms with Crippen molar-refractivity contribution in [2.24, 2.45) is 0 Å². The molecule has 3 aromatic rings. The molecule has 2 heterocycles. The Morgan fingerprint density at radius 1 is 1.00 bits per heavy atom. The summed E-state index contributed by atoms with van der Waals surface area (Å²) in [5.41, 5.74) is 0.689. The Morgan fingerprint density at radius 3 is 2.37 bits per heavy atom. The third-order valence-electron chi connectivity index (χ3n) is 5.62. The van der Waals surface area contributed by atoms with Crippen molar-refractivity contribution in [2.45, 2.75) is 26.4 Å². The lowest BCUT2D eigenvalue weighted by Crippen LogP contribution is -2.49. The molecule has 0 saturated carbocycles. The number of piperazine rings is 1. The summed E-state index contributed by atoms with van der Waals surface area (Å²) in [7, 11) is 0. The lowest BCUT2D eigenvalue weighted by molar-refractivity contribution is 0.0946. The molecule has 7 heteroatoms. The zero-order chi connectivity index (χ0) is 21.1. The molecule has 1 aliphatic heterocycles. The van der Waals surface area contributed by atoms with Crippen molar-refractivity contribution in [3.8, 4) is 0 Å². The van der Waals surface area contributed by atoms with Gasteiger partial charge in [0.1, 0.15) is 5.82 Å². The molecule has 0 radical (unpaired) electrons. The number of hydrogen-bond acceptors (Lipinski definition) is 5. The number of nitrogens with zero attached hydrogens (tertiary/aromatic N) is 4. The number of aromatic nitrogens is 2. The highest BCUT2D eigenvalue weighted by atomic mass is 19.1. The monoisotopic (exact) mass is 407 g/mol. The van der Waals surface area contributed by atoms with Crippen molar-refractivity contribution in [1.82, 2.24) is 20.4 Å². The minimum absolute atomic E-state index is 0.0976. The van der Waals surface area contributed by atoms with Crippen LogP contribution >= 0.6 is 0 Å². The maximum atomic E-state index is 13.8. The highest BCUT2D eigenvalue weighted by Gasteiger charge is 2.23. The molecule has 0 atom stereocenters. The normalized spacial score (nSPS) is 15.0. The van der Waals surface area contributed by atoms with Gasteiger partial charge in [-0.15, -0.1) is 10.2 Å². The van der Waals surface area contributed by atoms with Gasteiger partial charge in [-0.25, -0.2) is 4.39 Å². The van der Waals surface area contributed by atoms with Crippen LogP contribution in [0.4, 0.5) is 10.2 Å². The van der Waals surface area contributed by atoms with Crippen molar-refractivity contribution < 1.29 is 9.18 Å². The van der Waals surface area contributed by atoms with Gasteiger partial charge in [0.15, 0.2) is 11.5 Å². The molecule has 0 spiro atoms. The summed E-state index contributed by atoms with van der Waals surface area (Å²) in [6.07, 6.45) is 0. The molecular weight excluding hydrogens is 381 g/mol. The molecule has 0 unspecified atom stereocenters. The molecule has 2 aromatic carbocycles. The van der Waals surface area contributed by atoms with E-state index in [-0.39, 0.29) is 24.0 Å². The van der Waals surface area contributed by atoms with E-state index < -0.39 is 0 Å². The second kappa shape index (κ2) is 8.75. The average molecular weight is 407 g/mol. The number of carbonyl (C=O) groups is 1. The van der Waals surface area contributed by atoms with E-state index >= 15 is 0 Å². The van der Waals surface area contributed by atoms with Gasteiger partial charge in [0, 0.05) is 55.1 Å². The number of halogens is 1. The molecule has 1 amide bonds. The highest BCUT2D eigenvalue weighted by Crippen LogP contribution is 2.27. The molecule has 0 aliphatic carbocycles. The van der Waals surface area contributed by atoms with Gasteiger partial charge in [-0.3, -0.25) is 9.69 Å². The summed E-state index contributed by atoms with van der Waals surface area (Å²) in [6.45, 7) is 8.20. The Balaban J connectivity index is 1.57. The molecular formula is C23H26FN5O. The minimum Gasteiger partial charge on any atom is -0.352 e. The van der Waals surface area contributed by atoms with E-state index in [4.69, 9.17) is 0 Å². The summed E-state index contributed by atoms with van der Waals surface area (Å²) < 4.78 is 13.8. The lowest BCUT2D eigenvalue weighted by atomic mass is 10.1. The van der Waals surface area contributed by atoms with Gasteiger partial charge in [0.2, 0.25) is 0 Å². The van der Waals surface area contributed by atoms with Crippen molar-refractivity contribution in [1.29, 1.82) is 0 Å². The van der Waals surface area contributed by atoms with Crippen LogP contribution in [0.5, 0.6) is 0 Å². The Kier molecular flexibility index (Phi) is 5.90. The van der Waals surface area contributed by atoms with Gasteiger partial charge in [0.25, 0.3) is 5.91 Å². The van der Waals surface area contributed by atoms with Crippen molar-refractivity contribution in [3.05, 3.63) is 65.6 Å². The van der Waals surface area contributed by atoms with E-state index in [1.54, 1.807) is 18.2 Å². The van der Waals surface area contributed by atoms with E-state index in [2.05, 4.69) is 39.2 Å². The molecule has 1 N–H and O–H groups in total. The van der Waals surface area contributed by atoms with Gasteiger partial charge < -0.3 is 10.2 Å². The predicted molar refractivity (Wildman–Crippen MR) is 116 cm³/mol. The molecule has 30 heavy (non-hydrogen) atoms. The van der Waals surface area contributed by atoms with Crippen LogP contribution < -0.4 is 10.2 Å². The number of hydrogen-bond donors (Lipinski definition) is 1. The Bertz CT molecular complexity index is 1050. The van der Waals surface area contributed by atoms with Crippen LogP contribution in [0.25, 0.3) is 10.8 Å². The SMILES string of the molecule is CC(C)N1CCN(c2nnc(C(=O)NCc3ccccc3F)c3ccccc23)CC1. The van der Waals surface area contributed by atoms with Crippen LogP contribution in [-0.4, -0.2) is 53.2 Å². The van der Waals surface area contributed by atoms with Crippen molar-refractivity contribution >= 4 is 22.5 Å². The summed E-state index contributed by atoms with van der Waals surface area (Å²) in [5.74, 6) is 0.0995. The summed E-state index contributed by atoms with van der Waals surface area (Å²) >= 11 is 0. The first kappa shape index (κ1) is 20.2. The number of benzene rings is 2. The maximum Gasteiger partial charge on any atom is 0.272 e. The highest BCUT2D eigenvalue weighted by molar-refractivity contribution is 6.07. The van der Waals surface area contributed by atoms with Crippen LogP contribution in [0.2, 0.25) is 0 Å². The summed E-state index contributed by atoms with van der Waals surface area (Å²) in [4.78, 5) is 17.5. The Morgan fingerprint density at radius 2 is 1.67 bits per heavy atom. The standard InChI is InChI=1S/C23H26FN5O/c1-16(2)28-11-13-29(14-12-28)22-19-9-5-4-8-18(19)21(26-27-22)23(30)25-15-17-7-3-6-10-20(17)24/h3-10,16H,11-15H2,1-2H3,(H,25,30). The van der Waals surface area contributed by atoms with Gasteiger partial charge in [0.05, 0.1) is 0 Å². The van der Waals surface area contributed by atoms with Crippen LogP contribution in [0.3, 0.4) is 0 Å². The first-order chi connectivity index (χ1) is 14.5. The smallest absolute Gasteiger partial charge is 0.272 e. The van der Waals surface area contributed by atoms with E-state index in [9.17, 15) is 9.18 Å². The molecule has 156 valence electrons. The second-order valence-corrected chi connectivity index (χ2v) is 7.81. The number of amides is 1. The van der Waals surface area contributed by atoms with E-state index in [0.717, 1.165) is 42.8 Å². The molecule has 1 aliphatic rings. The molecule has 1 saturated heterocycles. The number of anilines is 1. The van der Waals surface area contributed by atoms with E-state index in [1.165, 1.54) is 6.07 Å². The maximum absolute atomic E-state index is 13.8. The molecule has 1 aromatic heterocycles. The van der Waals surface area contributed by atoms with E-state index in [0.29, 0.717) is 11.6 Å². The van der Waals surface area contributed by atoms with Crippen molar-refractivity contribution in [2.75, 3.05) is 31.1 Å². The van der Waals surface area contributed by atoms with Gasteiger partial charge in [-0.05, 0) is 19.9 Å². The van der Waals surface area contributed by atoms with Crippen LogP contribution in [-0.2, 0) is 6.54 Å². The third kappa shape index (κ3) is 4.11. The first-order valence-electron chi connectivity index (χ1n) is 10.3. The van der Waals surface area contributed by atoms with Crippen LogP contribution in [0, 0.1) is 5.82 Å². The van der Waals surface area contributed by atoms with Gasteiger partial charge in [-0.1, -0.05) is 42.5 Å². The zero-order valence-electron chi connectivity index (χ0n) is 17.3. The van der Waals surface area contributed by atoms with Gasteiger partial charge >= 0.3 is 0 Å². The predicted octanol–water partition coefficient (Wildman–Crippen LogP) is 3.23. The fourth-order valence-electron chi connectivity index (χ4n) is 3.84. The second-order valence-electron chi connectivity index (χ2n) is 7.81. The van der Waals surface area contributed by atoms with Crippen LogP contribution in [0.15, 0.2) is 48.5 Å². The van der Waals surface area contributed by atoms with Gasteiger partial charge in [-0.2, -0.15) is 0 Å². The molecule has 1 fully saturated rings. The molecule has 0 bridgehead atoms. The number of fused-ring (bicyclic) bond motifs is 1. The zero-order valence-corrected chi connectivity index (χ0v) is 17.3.